The highest BCUT2D eigenvalue weighted by Crippen LogP contribution is 2.39. The number of nitrogens with one attached hydrogen (secondary N) is 1. The minimum absolute atomic E-state index is 0.0180. The lowest BCUT2D eigenvalue weighted by molar-refractivity contribution is -0.172. The molecule has 144 valence electrons. The van der Waals surface area contributed by atoms with Gasteiger partial charge in [0.1, 0.15) is 0 Å². The first-order chi connectivity index (χ1) is 12.4. The molecule has 3 aliphatic rings. The molecule has 2 heterocycles. The van der Waals surface area contributed by atoms with E-state index >= 15 is 0 Å². The van der Waals surface area contributed by atoms with Crippen LogP contribution in [0.1, 0.15) is 24.8 Å². The summed E-state index contributed by atoms with van der Waals surface area (Å²) in [5.41, 5.74) is 0.599. The first kappa shape index (κ1) is 19.0. The predicted molar refractivity (Wildman–Crippen MR) is 91.5 cm³/mol. The van der Waals surface area contributed by atoms with Crippen LogP contribution in [0.25, 0.3) is 0 Å². The summed E-state index contributed by atoms with van der Waals surface area (Å²) in [5.74, 6) is -1.24. The molecule has 0 spiro atoms. The molecule has 4 atom stereocenters. The molecule has 2 bridgehead atoms. The van der Waals surface area contributed by atoms with E-state index in [0.717, 1.165) is 19.3 Å². The molecule has 2 amide bonds. The Balaban J connectivity index is 1.61. The SMILES string of the molecule is O=C(NCC(Cc1ccccc1)C(F)(F)F)N1CC2CCC1C(CO)C2. The van der Waals surface area contributed by atoms with Gasteiger partial charge < -0.3 is 15.3 Å². The molecule has 26 heavy (non-hydrogen) atoms. The molecule has 1 saturated carbocycles. The third-order valence-corrected chi connectivity index (χ3v) is 5.69. The summed E-state index contributed by atoms with van der Waals surface area (Å²) in [5, 5.41) is 12.0. The summed E-state index contributed by atoms with van der Waals surface area (Å²) in [6.45, 7) is 0.154. The Bertz CT molecular complexity index is 609. The van der Waals surface area contributed by atoms with E-state index in [0.29, 0.717) is 18.0 Å². The van der Waals surface area contributed by atoms with Crippen LogP contribution in [0.2, 0.25) is 0 Å². The van der Waals surface area contributed by atoms with Gasteiger partial charge in [-0.15, -0.1) is 0 Å². The van der Waals surface area contributed by atoms with E-state index in [1.54, 1.807) is 35.2 Å². The van der Waals surface area contributed by atoms with Gasteiger partial charge in [0.15, 0.2) is 0 Å². The highest BCUT2D eigenvalue weighted by atomic mass is 19.4. The number of halogens is 3. The molecule has 0 aromatic heterocycles. The molecule has 2 saturated heterocycles. The fourth-order valence-electron chi connectivity index (χ4n) is 4.28. The summed E-state index contributed by atoms with van der Waals surface area (Å²) in [7, 11) is 0. The maximum absolute atomic E-state index is 13.4. The highest BCUT2D eigenvalue weighted by molar-refractivity contribution is 5.75. The molecule has 2 aliphatic heterocycles. The Labute approximate surface area is 151 Å². The lowest BCUT2D eigenvalue weighted by Gasteiger charge is -2.49. The number of alkyl halides is 3. The maximum Gasteiger partial charge on any atom is 0.393 e. The first-order valence-electron chi connectivity index (χ1n) is 9.14. The lowest BCUT2D eigenvalue weighted by atomic mass is 9.73. The number of rotatable bonds is 5. The van der Waals surface area contributed by atoms with E-state index in [-0.39, 0.29) is 25.0 Å². The minimum atomic E-state index is -4.38. The van der Waals surface area contributed by atoms with Gasteiger partial charge in [0.05, 0.1) is 5.92 Å². The van der Waals surface area contributed by atoms with Crippen LogP contribution in [-0.4, -0.2) is 48.0 Å². The standard InChI is InChI=1S/C19H25F3N2O2/c20-19(21,22)16(9-13-4-2-1-3-5-13)10-23-18(26)24-11-14-6-7-17(24)15(8-14)12-25/h1-5,14-17,25H,6-12H2,(H,23,26). The predicted octanol–water partition coefficient (Wildman–Crippen LogP) is 3.21. The van der Waals surface area contributed by atoms with Crippen LogP contribution in [0.5, 0.6) is 0 Å². The number of piperidine rings is 2. The van der Waals surface area contributed by atoms with Crippen molar-refractivity contribution in [2.45, 2.75) is 37.9 Å². The van der Waals surface area contributed by atoms with E-state index in [2.05, 4.69) is 5.32 Å². The van der Waals surface area contributed by atoms with E-state index in [1.807, 2.05) is 0 Å². The molecule has 4 unspecified atom stereocenters. The summed E-state index contributed by atoms with van der Waals surface area (Å²) >= 11 is 0. The van der Waals surface area contributed by atoms with Crippen LogP contribution >= 0.6 is 0 Å². The van der Waals surface area contributed by atoms with Crippen molar-refractivity contribution in [3.8, 4) is 0 Å². The molecule has 4 nitrogen and oxygen atoms in total. The molecular weight excluding hydrogens is 345 g/mol. The zero-order valence-corrected chi connectivity index (χ0v) is 14.6. The van der Waals surface area contributed by atoms with Gasteiger partial charge in [-0.05, 0) is 37.2 Å². The van der Waals surface area contributed by atoms with Crippen LogP contribution in [0.3, 0.4) is 0 Å². The van der Waals surface area contributed by atoms with Crippen LogP contribution < -0.4 is 5.32 Å². The Morgan fingerprint density at radius 3 is 2.62 bits per heavy atom. The van der Waals surface area contributed by atoms with Crippen LogP contribution in [0, 0.1) is 17.8 Å². The number of hydrogen-bond donors (Lipinski definition) is 2. The van der Waals surface area contributed by atoms with Crippen molar-refractivity contribution in [3.05, 3.63) is 35.9 Å². The normalized spacial score (nSPS) is 26.6. The van der Waals surface area contributed by atoms with Gasteiger partial charge >= 0.3 is 12.2 Å². The number of aliphatic hydroxyl groups excluding tert-OH is 1. The molecule has 1 aromatic carbocycles. The van der Waals surface area contributed by atoms with Gasteiger partial charge in [0.2, 0.25) is 0 Å². The van der Waals surface area contributed by atoms with Gasteiger partial charge in [-0.25, -0.2) is 4.79 Å². The number of fused-ring (bicyclic) bond motifs is 3. The number of nitrogens with zero attached hydrogens (tertiary/aromatic N) is 1. The Hall–Kier alpha value is -1.76. The lowest BCUT2D eigenvalue weighted by Crippen LogP contribution is -2.59. The number of benzene rings is 1. The Morgan fingerprint density at radius 2 is 2.00 bits per heavy atom. The average Bonchev–Trinajstić information content (AvgIpc) is 2.64. The van der Waals surface area contributed by atoms with E-state index in [9.17, 15) is 23.1 Å². The Kier molecular flexibility index (Phi) is 5.75. The molecule has 2 N–H and O–H groups in total. The number of carbonyl (C=O) groups is 1. The second kappa shape index (κ2) is 7.86. The van der Waals surface area contributed by atoms with Gasteiger partial charge in [-0.3, -0.25) is 0 Å². The molecule has 4 rings (SSSR count). The summed E-state index contributed by atoms with van der Waals surface area (Å²) in [4.78, 5) is 14.1. The fraction of sp³-hybridized carbons (Fsp3) is 0.632. The average molecular weight is 370 g/mol. The van der Waals surface area contributed by atoms with Crippen molar-refractivity contribution < 1.29 is 23.1 Å². The monoisotopic (exact) mass is 370 g/mol. The number of hydrogen-bond acceptors (Lipinski definition) is 2. The van der Waals surface area contributed by atoms with E-state index < -0.39 is 24.7 Å². The topological polar surface area (TPSA) is 52.6 Å². The summed E-state index contributed by atoms with van der Waals surface area (Å²) < 4.78 is 40.1. The highest BCUT2D eigenvalue weighted by Gasteiger charge is 2.44. The third kappa shape index (κ3) is 4.31. The van der Waals surface area contributed by atoms with Crippen molar-refractivity contribution in [3.63, 3.8) is 0 Å². The second-order valence-electron chi connectivity index (χ2n) is 7.46. The van der Waals surface area contributed by atoms with Crippen molar-refractivity contribution in [1.82, 2.24) is 10.2 Å². The molecule has 0 radical (unpaired) electrons. The second-order valence-corrected chi connectivity index (χ2v) is 7.46. The van der Waals surface area contributed by atoms with Crippen LogP contribution in [0.15, 0.2) is 30.3 Å². The number of urea groups is 1. The zero-order valence-electron chi connectivity index (χ0n) is 14.6. The third-order valence-electron chi connectivity index (χ3n) is 5.69. The van der Waals surface area contributed by atoms with Gasteiger partial charge in [-0.2, -0.15) is 13.2 Å². The fourth-order valence-corrected chi connectivity index (χ4v) is 4.28. The molecule has 3 fully saturated rings. The maximum atomic E-state index is 13.4. The molecule has 7 heteroatoms. The van der Waals surface area contributed by atoms with Gasteiger partial charge in [-0.1, -0.05) is 30.3 Å². The van der Waals surface area contributed by atoms with Crippen LogP contribution in [0.4, 0.5) is 18.0 Å². The van der Waals surface area contributed by atoms with E-state index in [1.165, 1.54) is 0 Å². The quantitative estimate of drug-likeness (QED) is 0.836. The Morgan fingerprint density at radius 1 is 1.27 bits per heavy atom. The zero-order chi connectivity index (χ0) is 18.7. The first-order valence-corrected chi connectivity index (χ1v) is 9.14. The molecular formula is C19H25F3N2O2. The number of amides is 2. The van der Waals surface area contributed by atoms with Gasteiger partial charge in [0.25, 0.3) is 0 Å². The van der Waals surface area contributed by atoms with Crippen molar-refractivity contribution in [1.29, 1.82) is 0 Å². The van der Waals surface area contributed by atoms with Crippen molar-refractivity contribution in [2.24, 2.45) is 17.8 Å². The largest absolute Gasteiger partial charge is 0.396 e. The minimum Gasteiger partial charge on any atom is -0.396 e. The molecule has 1 aromatic rings. The molecule has 1 aliphatic carbocycles. The number of aliphatic hydroxyl groups is 1. The van der Waals surface area contributed by atoms with Crippen molar-refractivity contribution >= 4 is 6.03 Å². The van der Waals surface area contributed by atoms with Crippen molar-refractivity contribution in [2.75, 3.05) is 19.7 Å². The number of carbonyl (C=O) groups excluding carboxylic acids is 1. The van der Waals surface area contributed by atoms with Gasteiger partial charge in [0, 0.05) is 31.7 Å². The summed E-state index contributed by atoms with van der Waals surface area (Å²) in [6, 6.07) is 7.99. The smallest absolute Gasteiger partial charge is 0.393 e. The van der Waals surface area contributed by atoms with E-state index in [4.69, 9.17) is 0 Å². The summed E-state index contributed by atoms with van der Waals surface area (Å²) in [6.07, 6.45) is -1.81. The van der Waals surface area contributed by atoms with Crippen LogP contribution in [-0.2, 0) is 6.42 Å².